The molecule has 8 heteroatoms. The Kier molecular flexibility index (Phi) is 6.08. The van der Waals surface area contributed by atoms with Crippen LogP contribution < -0.4 is 5.32 Å². The van der Waals surface area contributed by atoms with Gasteiger partial charge in [0.25, 0.3) is 0 Å². The van der Waals surface area contributed by atoms with E-state index in [-0.39, 0.29) is 18.9 Å². The molecule has 1 aliphatic heterocycles. The Morgan fingerprint density at radius 2 is 2.04 bits per heavy atom. The highest BCUT2D eigenvalue weighted by Crippen LogP contribution is 2.23. The van der Waals surface area contributed by atoms with Crippen LogP contribution in [0.4, 0.5) is 10.5 Å². The summed E-state index contributed by atoms with van der Waals surface area (Å²) in [6, 6.07) is 7.78. The standard InChI is InChI=1S/C16H20N2O5S/c1-10(9-24)14(19)18-8-12(7-13(18)15(20)21)23-16(22)17-11-5-3-2-4-6-11/h2-6,10,12-13,24H,7-9H2,1H3,(H,17,22)(H,20,21)/t10?,12?,13-/m0/s1. The van der Waals surface area contributed by atoms with E-state index in [2.05, 4.69) is 17.9 Å². The first kappa shape index (κ1) is 18.1. The molecule has 0 radical (unpaired) electrons. The van der Waals surface area contributed by atoms with E-state index in [1.807, 2.05) is 6.07 Å². The number of hydrogen-bond donors (Lipinski definition) is 3. The van der Waals surface area contributed by atoms with Crippen molar-refractivity contribution in [1.29, 1.82) is 0 Å². The van der Waals surface area contributed by atoms with E-state index in [4.69, 9.17) is 4.74 Å². The van der Waals surface area contributed by atoms with Crippen molar-refractivity contribution in [2.45, 2.75) is 25.5 Å². The summed E-state index contributed by atoms with van der Waals surface area (Å²) in [6.45, 7) is 1.75. The summed E-state index contributed by atoms with van der Waals surface area (Å²) < 4.78 is 5.26. The molecule has 24 heavy (non-hydrogen) atoms. The van der Waals surface area contributed by atoms with Crippen molar-refractivity contribution in [1.82, 2.24) is 4.90 Å². The van der Waals surface area contributed by atoms with Crippen molar-refractivity contribution in [2.75, 3.05) is 17.6 Å². The second-order valence-corrected chi connectivity index (χ2v) is 6.05. The van der Waals surface area contributed by atoms with Gasteiger partial charge in [0, 0.05) is 23.8 Å². The molecule has 0 spiro atoms. The lowest BCUT2D eigenvalue weighted by Crippen LogP contribution is -2.43. The molecule has 1 saturated heterocycles. The van der Waals surface area contributed by atoms with Gasteiger partial charge in [0.15, 0.2) is 0 Å². The van der Waals surface area contributed by atoms with E-state index in [0.717, 1.165) is 0 Å². The van der Waals surface area contributed by atoms with Gasteiger partial charge in [0.05, 0.1) is 6.54 Å². The molecule has 1 heterocycles. The summed E-state index contributed by atoms with van der Waals surface area (Å²) >= 11 is 4.07. The minimum absolute atomic E-state index is 0.0656. The molecular formula is C16H20N2O5S. The fraction of sp³-hybridized carbons (Fsp3) is 0.438. The Bertz CT molecular complexity index is 610. The molecule has 3 atom stereocenters. The number of carbonyl (C=O) groups excluding carboxylic acids is 2. The highest BCUT2D eigenvalue weighted by atomic mass is 32.1. The normalized spacial score (nSPS) is 21.2. The van der Waals surface area contributed by atoms with Crippen molar-refractivity contribution in [2.24, 2.45) is 5.92 Å². The number of rotatable bonds is 5. The smallest absolute Gasteiger partial charge is 0.411 e. The second-order valence-electron chi connectivity index (χ2n) is 5.68. The number of benzene rings is 1. The van der Waals surface area contributed by atoms with Gasteiger partial charge in [0.1, 0.15) is 12.1 Å². The van der Waals surface area contributed by atoms with Gasteiger partial charge in [-0.2, -0.15) is 12.6 Å². The van der Waals surface area contributed by atoms with Crippen LogP contribution in [0.5, 0.6) is 0 Å². The Hall–Kier alpha value is -2.22. The van der Waals surface area contributed by atoms with Gasteiger partial charge in [-0.25, -0.2) is 9.59 Å². The number of carboxylic acids is 1. The molecule has 130 valence electrons. The van der Waals surface area contributed by atoms with Gasteiger partial charge < -0.3 is 14.7 Å². The van der Waals surface area contributed by atoms with E-state index < -0.39 is 30.1 Å². The molecule has 2 rings (SSSR count). The maximum atomic E-state index is 12.3. The number of nitrogens with zero attached hydrogens (tertiary/aromatic N) is 1. The molecular weight excluding hydrogens is 332 g/mol. The highest BCUT2D eigenvalue weighted by molar-refractivity contribution is 7.80. The number of hydrogen-bond acceptors (Lipinski definition) is 5. The summed E-state index contributed by atoms with van der Waals surface area (Å²) in [5, 5.41) is 11.9. The molecule has 2 amide bonds. The number of thiol groups is 1. The van der Waals surface area contributed by atoms with E-state index in [0.29, 0.717) is 11.4 Å². The molecule has 2 N–H and O–H groups in total. The van der Waals surface area contributed by atoms with Crippen LogP contribution in [0.1, 0.15) is 13.3 Å². The molecule has 0 aliphatic carbocycles. The van der Waals surface area contributed by atoms with Crippen molar-refractivity contribution < 1.29 is 24.2 Å². The van der Waals surface area contributed by atoms with Crippen molar-refractivity contribution in [3.8, 4) is 0 Å². The third-order valence-corrected chi connectivity index (χ3v) is 4.37. The predicted molar refractivity (Wildman–Crippen MR) is 91.1 cm³/mol. The third-order valence-electron chi connectivity index (χ3n) is 3.82. The molecule has 0 bridgehead atoms. The summed E-state index contributed by atoms with van der Waals surface area (Å²) in [5.74, 6) is -1.48. The number of nitrogens with one attached hydrogen (secondary N) is 1. The first-order valence-electron chi connectivity index (χ1n) is 7.59. The van der Waals surface area contributed by atoms with Gasteiger partial charge in [0.2, 0.25) is 5.91 Å². The number of carboxylic acid groups (broad SMARTS) is 1. The fourth-order valence-corrected chi connectivity index (χ4v) is 2.70. The summed E-state index contributed by atoms with van der Waals surface area (Å²) in [5.41, 5.74) is 0.576. The number of ether oxygens (including phenoxy) is 1. The van der Waals surface area contributed by atoms with E-state index in [1.54, 1.807) is 31.2 Å². The monoisotopic (exact) mass is 352 g/mol. The topological polar surface area (TPSA) is 95.9 Å². The molecule has 1 fully saturated rings. The maximum Gasteiger partial charge on any atom is 0.411 e. The average molecular weight is 352 g/mol. The number of carbonyl (C=O) groups is 3. The van der Waals surface area contributed by atoms with Crippen molar-refractivity contribution >= 4 is 36.3 Å². The molecule has 1 aliphatic rings. The van der Waals surface area contributed by atoms with Crippen LogP contribution >= 0.6 is 12.6 Å². The van der Waals surface area contributed by atoms with E-state index in [1.165, 1.54) is 4.90 Å². The van der Waals surface area contributed by atoms with Crippen LogP contribution in [0.15, 0.2) is 30.3 Å². The lowest BCUT2D eigenvalue weighted by molar-refractivity contribution is -0.149. The summed E-state index contributed by atoms with van der Waals surface area (Å²) in [6.07, 6.45) is -1.26. The van der Waals surface area contributed by atoms with Crippen LogP contribution in [0.25, 0.3) is 0 Å². The zero-order valence-electron chi connectivity index (χ0n) is 13.2. The van der Waals surface area contributed by atoms with E-state index in [9.17, 15) is 19.5 Å². The van der Waals surface area contributed by atoms with Crippen LogP contribution in [0.3, 0.4) is 0 Å². The molecule has 0 saturated carbocycles. The zero-order valence-corrected chi connectivity index (χ0v) is 14.1. The lowest BCUT2D eigenvalue weighted by Gasteiger charge is -2.23. The van der Waals surface area contributed by atoms with Gasteiger partial charge >= 0.3 is 12.1 Å². The maximum absolute atomic E-state index is 12.3. The average Bonchev–Trinajstić information content (AvgIpc) is 2.98. The Balaban J connectivity index is 1.98. The highest BCUT2D eigenvalue weighted by Gasteiger charge is 2.42. The first-order valence-corrected chi connectivity index (χ1v) is 8.22. The summed E-state index contributed by atoms with van der Waals surface area (Å²) in [7, 11) is 0. The Morgan fingerprint density at radius 3 is 2.62 bits per heavy atom. The second kappa shape index (κ2) is 8.05. The molecule has 1 aromatic rings. The first-order chi connectivity index (χ1) is 11.4. The minimum atomic E-state index is -1.11. The number of likely N-dealkylation sites (tertiary alicyclic amines) is 1. The number of amides is 2. The van der Waals surface area contributed by atoms with Crippen LogP contribution in [0, 0.1) is 5.92 Å². The number of anilines is 1. The third kappa shape index (κ3) is 4.41. The van der Waals surface area contributed by atoms with E-state index >= 15 is 0 Å². The van der Waals surface area contributed by atoms with Gasteiger partial charge in [-0.3, -0.25) is 10.1 Å². The predicted octanol–water partition coefficient (Wildman–Crippen LogP) is 1.86. The SMILES string of the molecule is CC(CS)C(=O)N1CC(OC(=O)Nc2ccccc2)C[C@H]1C(=O)O. The molecule has 7 nitrogen and oxygen atoms in total. The number of para-hydroxylation sites is 1. The molecule has 2 unspecified atom stereocenters. The molecule has 0 aromatic heterocycles. The largest absolute Gasteiger partial charge is 0.480 e. The van der Waals surface area contributed by atoms with Crippen LogP contribution in [-0.2, 0) is 14.3 Å². The number of aliphatic carboxylic acids is 1. The van der Waals surface area contributed by atoms with Gasteiger partial charge in [-0.05, 0) is 12.1 Å². The fourth-order valence-electron chi connectivity index (χ4n) is 2.54. The quantitative estimate of drug-likeness (QED) is 0.703. The molecule has 1 aromatic carbocycles. The Labute approximate surface area is 145 Å². The van der Waals surface area contributed by atoms with Gasteiger partial charge in [-0.15, -0.1) is 0 Å². The summed E-state index contributed by atoms with van der Waals surface area (Å²) in [4.78, 5) is 36.8. The van der Waals surface area contributed by atoms with Crippen molar-refractivity contribution in [3.63, 3.8) is 0 Å². The zero-order chi connectivity index (χ0) is 17.7. The van der Waals surface area contributed by atoms with Crippen molar-refractivity contribution in [3.05, 3.63) is 30.3 Å². The Morgan fingerprint density at radius 1 is 1.38 bits per heavy atom. The van der Waals surface area contributed by atoms with Gasteiger partial charge in [-0.1, -0.05) is 25.1 Å². The lowest BCUT2D eigenvalue weighted by atomic mass is 10.1. The minimum Gasteiger partial charge on any atom is -0.480 e. The van der Waals surface area contributed by atoms with Crippen LogP contribution in [-0.4, -0.2) is 52.4 Å². The van der Waals surface area contributed by atoms with Crippen LogP contribution in [0.2, 0.25) is 0 Å².